The molecule has 0 amide bonds. The van der Waals surface area contributed by atoms with E-state index < -0.39 is 5.97 Å². The molecule has 0 aromatic rings. The van der Waals surface area contributed by atoms with Gasteiger partial charge in [-0.25, -0.2) is 0 Å². The number of carbonyl (C=O) groups excluding carboxylic acids is 1. The van der Waals surface area contributed by atoms with Gasteiger partial charge in [-0.15, -0.1) is 0 Å². The molecule has 3 aliphatic carbocycles. The third-order valence-electron chi connectivity index (χ3n) is 3.16. The van der Waals surface area contributed by atoms with Crippen LogP contribution in [0.5, 0.6) is 0 Å². The predicted molar refractivity (Wildman–Crippen MR) is 42.9 cm³/mol. The molecule has 3 saturated carbocycles. The van der Waals surface area contributed by atoms with Gasteiger partial charge in [0.25, 0.3) is 0 Å². The van der Waals surface area contributed by atoms with E-state index in [0.717, 1.165) is 12.8 Å². The second-order valence-corrected chi connectivity index (χ2v) is 3.91. The molecule has 3 rings (SSSR count). The smallest absolute Gasteiger partial charge is 0.307 e. The fourth-order valence-electron chi connectivity index (χ4n) is 2.63. The van der Waals surface area contributed by atoms with Crippen molar-refractivity contribution in [1.82, 2.24) is 0 Å². The summed E-state index contributed by atoms with van der Waals surface area (Å²) in [6.07, 6.45) is 1.51. The summed E-state index contributed by atoms with van der Waals surface area (Å²) in [5.74, 6) is -0.986. The third-order valence-corrected chi connectivity index (χ3v) is 3.16. The van der Waals surface area contributed by atoms with Gasteiger partial charge in [0, 0.05) is 12.8 Å². The highest BCUT2D eigenvalue weighted by Gasteiger charge is 2.57. The minimum atomic E-state index is -0.740. The van der Waals surface area contributed by atoms with Gasteiger partial charge in [0.2, 0.25) is 0 Å². The quantitative estimate of drug-likeness (QED) is 0.640. The Morgan fingerprint density at radius 3 is 2.54 bits per heavy atom. The number of ether oxygens (including phenoxy) is 1. The Balaban J connectivity index is 1.99. The molecule has 0 heterocycles. The summed E-state index contributed by atoms with van der Waals surface area (Å²) >= 11 is 0. The van der Waals surface area contributed by atoms with Crippen molar-refractivity contribution in [3.05, 3.63) is 0 Å². The molecule has 0 spiro atoms. The van der Waals surface area contributed by atoms with Gasteiger partial charge in [-0.2, -0.15) is 0 Å². The average Bonchev–Trinajstić information content (AvgIpc) is 2.39. The van der Waals surface area contributed by atoms with Crippen LogP contribution in [0.4, 0.5) is 0 Å². The lowest BCUT2D eigenvalue weighted by Crippen LogP contribution is -2.37. The van der Waals surface area contributed by atoms with Crippen LogP contribution < -0.4 is 0 Å². The Bertz CT molecular complexity index is 260. The number of hydrogen-bond donors (Lipinski definition) is 1. The first-order valence-corrected chi connectivity index (χ1v) is 4.49. The van der Waals surface area contributed by atoms with Crippen molar-refractivity contribution in [2.45, 2.75) is 25.9 Å². The molecule has 13 heavy (non-hydrogen) atoms. The summed E-state index contributed by atoms with van der Waals surface area (Å²) in [6, 6.07) is 0. The first-order chi connectivity index (χ1) is 6.09. The predicted octanol–water partition coefficient (Wildman–Crippen LogP) is 0.659. The van der Waals surface area contributed by atoms with Gasteiger partial charge in [-0.05, 0) is 18.8 Å². The molecule has 2 bridgehead atoms. The van der Waals surface area contributed by atoms with Gasteiger partial charge in [0.1, 0.15) is 6.10 Å². The van der Waals surface area contributed by atoms with Crippen molar-refractivity contribution in [2.24, 2.45) is 17.8 Å². The van der Waals surface area contributed by atoms with Gasteiger partial charge in [-0.3, -0.25) is 9.59 Å². The standard InChI is InChI=1S/C9H12O4/c1-4(10)13-7-3-5-2-6(7)8(5)9(11)12/h5-8H,2-3H2,1H3,(H,11,12). The fraction of sp³-hybridized carbons (Fsp3) is 0.778. The van der Waals surface area contributed by atoms with Gasteiger partial charge in [0.15, 0.2) is 0 Å². The molecule has 0 aromatic heterocycles. The molecule has 4 nitrogen and oxygen atoms in total. The maximum Gasteiger partial charge on any atom is 0.307 e. The van der Waals surface area contributed by atoms with E-state index in [1.54, 1.807) is 0 Å². The number of fused-ring (bicyclic) bond motifs is 1. The summed E-state index contributed by atoms with van der Waals surface area (Å²) in [5.41, 5.74) is 0. The van der Waals surface area contributed by atoms with Gasteiger partial charge in [-0.1, -0.05) is 0 Å². The Labute approximate surface area is 75.9 Å². The van der Waals surface area contributed by atoms with Gasteiger partial charge in [0.05, 0.1) is 5.92 Å². The van der Waals surface area contributed by atoms with Crippen molar-refractivity contribution < 1.29 is 19.4 Å². The molecule has 1 N–H and O–H groups in total. The molecule has 3 fully saturated rings. The van der Waals surface area contributed by atoms with E-state index in [1.807, 2.05) is 0 Å². The summed E-state index contributed by atoms with van der Waals surface area (Å²) in [6.45, 7) is 1.37. The van der Waals surface area contributed by atoms with E-state index in [4.69, 9.17) is 9.84 Å². The molecule has 0 saturated heterocycles. The molecular formula is C9H12O4. The number of hydrogen-bond acceptors (Lipinski definition) is 3. The Kier molecular flexibility index (Phi) is 1.78. The van der Waals surface area contributed by atoms with Crippen LogP contribution in [-0.2, 0) is 14.3 Å². The third kappa shape index (κ3) is 1.20. The molecule has 0 radical (unpaired) electrons. The highest BCUT2D eigenvalue weighted by molar-refractivity contribution is 5.73. The second-order valence-electron chi connectivity index (χ2n) is 3.91. The lowest BCUT2D eigenvalue weighted by molar-refractivity contribution is -0.155. The number of aliphatic carboxylic acids is 1. The summed E-state index contributed by atoms with van der Waals surface area (Å²) in [7, 11) is 0. The fourth-order valence-corrected chi connectivity index (χ4v) is 2.63. The van der Waals surface area contributed by atoms with E-state index >= 15 is 0 Å². The Morgan fingerprint density at radius 1 is 1.38 bits per heavy atom. The van der Waals surface area contributed by atoms with E-state index in [1.165, 1.54) is 6.92 Å². The molecule has 4 heteroatoms. The number of rotatable bonds is 2. The zero-order valence-corrected chi connectivity index (χ0v) is 7.40. The van der Waals surface area contributed by atoms with Crippen molar-refractivity contribution >= 4 is 11.9 Å². The van der Waals surface area contributed by atoms with Crippen molar-refractivity contribution in [3.8, 4) is 0 Å². The molecule has 72 valence electrons. The molecule has 0 aliphatic heterocycles. The Morgan fingerprint density at radius 2 is 2.08 bits per heavy atom. The van der Waals surface area contributed by atoms with Crippen LogP contribution in [0, 0.1) is 17.8 Å². The van der Waals surface area contributed by atoms with Crippen LogP contribution in [0.1, 0.15) is 19.8 Å². The van der Waals surface area contributed by atoms with Crippen molar-refractivity contribution in [1.29, 1.82) is 0 Å². The monoisotopic (exact) mass is 184 g/mol. The van der Waals surface area contributed by atoms with Crippen LogP contribution in [0.2, 0.25) is 0 Å². The number of carbonyl (C=O) groups is 2. The topological polar surface area (TPSA) is 63.6 Å². The van der Waals surface area contributed by atoms with E-state index in [2.05, 4.69) is 0 Å². The van der Waals surface area contributed by atoms with E-state index in [0.29, 0.717) is 0 Å². The SMILES string of the molecule is CC(=O)OC1CC2CC1C2C(=O)O. The van der Waals surface area contributed by atoms with Gasteiger partial charge >= 0.3 is 11.9 Å². The van der Waals surface area contributed by atoms with Crippen molar-refractivity contribution in [2.75, 3.05) is 0 Å². The highest BCUT2D eigenvalue weighted by atomic mass is 16.5. The first kappa shape index (κ1) is 8.53. The van der Waals surface area contributed by atoms with E-state index in [-0.39, 0.29) is 29.8 Å². The maximum absolute atomic E-state index is 10.7. The lowest BCUT2D eigenvalue weighted by Gasteiger charge is -2.32. The van der Waals surface area contributed by atoms with Gasteiger partial charge < -0.3 is 9.84 Å². The minimum absolute atomic E-state index is 0.0754. The molecule has 0 aromatic carbocycles. The molecule has 4 unspecified atom stereocenters. The van der Waals surface area contributed by atoms with Crippen molar-refractivity contribution in [3.63, 3.8) is 0 Å². The van der Waals surface area contributed by atoms with Crippen LogP contribution >= 0.6 is 0 Å². The maximum atomic E-state index is 10.7. The first-order valence-electron chi connectivity index (χ1n) is 4.49. The molecule has 4 atom stereocenters. The average molecular weight is 184 g/mol. The zero-order valence-electron chi connectivity index (χ0n) is 7.40. The minimum Gasteiger partial charge on any atom is -0.481 e. The van der Waals surface area contributed by atoms with E-state index in [9.17, 15) is 9.59 Å². The number of carboxylic acids is 1. The van der Waals surface area contributed by atoms with Crippen LogP contribution in [0.25, 0.3) is 0 Å². The number of carboxylic acid groups (broad SMARTS) is 1. The zero-order chi connectivity index (χ0) is 9.59. The van der Waals surface area contributed by atoms with Crippen LogP contribution in [-0.4, -0.2) is 23.1 Å². The summed E-state index contributed by atoms with van der Waals surface area (Å²) in [5, 5.41) is 8.83. The molecular weight excluding hydrogens is 172 g/mol. The lowest BCUT2D eigenvalue weighted by atomic mass is 9.72. The Hall–Kier alpha value is -1.06. The van der Waals surface area contributed by atoms with Crippen LogP contribution in [0.3, 0.4) is 0 Å². The highest BCUT2D eigenvalue weighted by Crippen LogP contribution is 2.54. The summed E-state index contributed by atoms with van der Waals surface area (Å²) in [4.78, 5) is 21.4. The normalized spacial score (nSPS) is 41.0. The molecule has 3 aliphatic rings. The number of esters is 1. The van der Waals surface area contributed by atoms with Crippen LogP contribution in [0.15, 0.2) is 0 Å². The largest absolute Gasteiger partial charge is 0.481 e. The second kappa shape index (κ2) is 2.72. The summed E-state index contributed by atoms with van der Waals surface area (Å²) < 4.78 is 5.04.